The topological polar surface area (TPSA) is 29.5 Å². The van der Waals surface area contributed by atoms with Crippen molar-refractivity contribution >= 4 is 0 Å². The number of hydrogen-bond donors (Lipinski definition) is 1. The highest BCUT2D eigenvalue weighted by atomic mass is 16.5. The van der Waals surface area contributed by atoms with Crippen molar-refractivity contribution in [3.8, 4) is 0 Å². The molecule has 0 heterocycles. The normalized spacial score (nSPS) is 22.1. The fourth-order valence-corrected chi connectivity index (χ4v) is 2.18. The molecule has 2 nitrogen and oxygen atoms in total. The number of rotatable bonds is 6. The summed E-state index contributed by atoms with van der Waals surface area (Å²) in [4.78, 5) is 0. The van der Waals surface area contributed by atoms with E-state index in [4.69, 9.17) is 4.74 Å². The van der Waals surface area contributed by atoms with Crippen LogP contribution in [0.15, 0.2) is 0 Å². The quantitative estimate of drug-likeness (QED) is 0.714. The molecule has 1 aliphatic rings. The van der Waals surface area contributed by atoms with E-state index in [1.807, 2.05) is 0 Å². The van der Waals surface area contributed by atoms with Crippen LogP contribution in [0.4, 0.5) is 0 Å². The predicted octanol–water partition coefficient (Wildman–Crippen LogP) is 2.74. The zero-order valence-corrected chi connectivity index (χ0v) is 9.75. The molecule has 0 amide bonds. The highest BCUT2D eigenvalue weighted by Crippen LogP contribution is 2.39. The van der Waals surface area contributed by atoms with Crippen LogP contribution < -0.4 is 0 Å². The van der Waals surface area contributed by atoms with Crippen LogP contribution >= 0.6 is 0 Å². The lowest BCUT2D eigenvalue weighted by Gasteiger charge is -2.44. The van der Waals surface area contributed by atoms with E-state index in [0.717, 1.165) is 31.6 Å². The number of methoxy groups -OCH3 is 1. The van der Waals surface area contributed by atoms with Gasteiger partial charge >= 0.3 is 0 Å². The molecule has 1 N–H and O–H groups in total. The largest absolute Gasteiger partial charge is 0.390 e. The van der Waals surface area contributed by atoms with Gasteiger partial charge in [-0.1, -0.05) is 26.7 Å². The summed E-state index contributed by atoms with van der Waals surface area (Å²) in [5.41, 5.74) is -0.184. The van der Waals surface area contributed by atoms with E-state index in [-0.39, 0.29) is 11.7 Å². The van der Waals surface area contributed by atoms with E-state index in [0.29, 0.717) is 0 Å². The molecule has 14 heavy (non-hydrogen) atoms. The molecule has 1 aliphatic carbocycles. The van der Waals surface area contributed by atoms with Gasteiger partial charge in [0.1, 0.15) is 0 Å². The Kier molecular flexibility index (Phi) is 4.39. The Morgan fingerprint density at radius 3 is 2.29 bits per heavy atom. The molecule has 0 aliphatic heterocycles. The molecule has 0 aromatic heterocycles. The molecule has 0 aromatic rings. The molecular formula is C12H24O2. The minimum absolute atomic E-state index is 0.184. The minimum atomic E-state index is -0.250. The second-order valence-corrected chi connectivity index (χ2v) is 4.96. The van der Waals surface area contributed by atoms with E-state index in [1.165, 1.54) is 12.8 Å². The lowest BCUT2D eigenvalue weighted by molar-refractivity contribution is -0.151. The minimum Gasteiger partial charge on any atom is -0.390 e. The van der Waals surface area contributed by atoms with Crippen LogP contribution in [0.2, 0.25) is 0 Å². The first kappa shape index (κ1) is 12.0. The number of ether oxygens (including phenoxy) is 1. The molecule has 1 saturated carbocycles. The van der Waals surface area contributed by atoms with E-state index in [1.54, 1.807) is 7.11 Å². The average molecular weight is 200 g/mol. The molecule has 2 heteroatoms. The van der Waals surface area contributed by atoms with E-state index in [9.17, 15) is 5.11 Å². The molecule has 1 fully saturated rings. The Hall–Kier alpha value is -0.0800. The van der Waals surface area contributed by atoms with Crippen molar-refractivity contribution in [2.24, 2.45) is 5.92 Å². The van der Waals surface area contributed by atoms with Gasteiger partial charge < -0.3 is 9.84 Å². The first-order valence-corrected chi connectivity index (χ1v) is 5.84. The monoisotopic (exact) mass is 200 g/mol. The third-order valence-electron chi connectivity index (χ3n) is 3.47. The summed E-state index contributed by atoms with van der Waals surface area (Å²) in [6, 6.07) is 0. The highest BCUT2D eigenvalue weighted by molar-refractivity contribution is 4.95. The smallest absolute Gasteiger partial charge is 0.0936 e. The van der Waals surface area contributed by atoms with Gasteiger partial charge in [0, 0.05) is 7.11 Å². The maximum absolute atomic E-state index is 10.0. The van der Waals surface area contributed by atoms with Gasteiger partial charge in [-0.2, -0.15) is 0 Å². The summed E-state index contributed by atoms with van der Waals surface area (Å²) in [6.45, 7) is 4.45. The van der Waals surface area contributed by atoms with Crippen molar-refractivity contribution < 1.29 is 9.84 Å². The molecule has 84 valence electrons. The van der Waals surface area contributed by atoms with Crippen molar-refractivity contribution in [1.29, 1.82) is 0 Å². The molecule has 1 unspecified atom stereocenters. The Bertz CT molecular complexity index is 156. The maximum Gasteiger partial charge on any atom is 0.0936 e. The Morgan fingerprint density at radius 2 is 1.93 bits per heavy atom. The third kappa shape index (κ3) is 2.71. The van der Waals surface area contributed by atoms with E-state index in [2.05, 4.69) is 13.8 Å². The lowest BCUT2D eigenvalue weighted by Crippen LogP contribution is -2.49. The fraction of sp³-hybridized carbons (Fsp3) is 1.00. The van der Waals surface area contributed by atoms with Crippen LogP contribution in [0.1, 0.15) is 52.4 Å². The molecule has 0 radical (unpaired) electrons. The van der Waals surface area contributed by atoms with Crippen LogP contribution in [0, 0.1) is 5.92 Å². The second kappa shape index (κ2) is 5.13. The van der Waals surface area contributed by atoms with Crippen LogP contribution in [0.3, 0.4) is 0 Å². The Balaban J connectivity index is 2.23. The van der Waals surface area contributed by atoms with Crippen molar-refractivity contribution in [3.63, 3.8) is 0 Å². The molecule has 1 rings (SSSR count). The molecule has 0 spiro atoms. The summed E-state index contributed by atoms with van der Waals surface area (Å²) < 4.78 is 5.44. The lowest BCUT2D eigenvalue weighted by atomic mass is 9.74. The van der Waals surface area contributed by atoms with Crippen LogP contribution in [0.5, 0.6) is 0 Å². The first-order valence-electron chi connectivity index (χ1n) is 5.84. The first-order chi connectivity index (χ1) is 6.60. The van der Waals surface area contributed by atoms with Crippen LogP contribution in [-0.4, -0.2) is 23.9 Å². The summed E-state index contributed by atoms with van der Waals surface area (Å²) in [7, 11) is 1.73. The number of aliphatic hydroxyl groups excluding tert-OH is 1. The third-order valence-corrected chi connectivity index (χ3v) is 3.47. The predicted molar refractivity (Wildman–Crippen MR) is 58.3 cm³/mol. The molecule has 1 atom stereocenters. The van der Waals surface area contributed by atoms with Gasteiger partial charge in [0.2, 0.25) is 0 Å². The summed E-state index contributed by atoms with van der Waals surface area (Å²) >= 11 is 0. The molecule has 0 bridgehead atoms. The fourth-order valence-electron chi connectivity index (χ4n) is 2.18. The standard InChI is InChI=1S/C12H24O2/c1-10(2)6-4-7-11(13)12(14-3)8-5-9-12/h10-11,13H,4-9H2,1-3H3. The number of aliphatic hydroxyl groups is 1. The van der Waals surface area contributed by atoms with Crippen molar-refractivity contribution in [3.05, 3.63) is 0 Å². The molecular weight excluding hydrogens is 176 g/mol. The zero-order valence-electron chi connectivity index (χ0n) is 9.75. The van der Waals surface area contributed by atoms with E-state index < -0.39 is 0 Å². The summed E-state index contributed by atoms with van der Waals surface area (Å²) in [6.07, 6.45) is 6.24. The van der Waals surface area contributed by atoms with Gasteiger partial charge in [0.25, 0.3) is 0 Å². The van der Waals surface area contributed by atoms with Crippen molar-refractivity contribution in [2.75, 3.05) is 7.11 Å². The van der Waals surface area contributed by atoms with Crippen molar-refractivity contribution in [2.45, 2.75) is 64.1 Å². The maximum atomic E-state index is 10.0. The van der Waals surface area contributed by atoms with Gasteiger partial charge in [-0.3, -0.25) is 0 Å². The average Bonchev–Trinajstić information content (AvgIpc) is 2.02. The van der Waals surface area contributed by atoms with Gasteiger partial charge in [-0.15, -0.1) is 0 Å². The molecule has 0 saturated heterocycles. The summed E-state index contributed by atoms with van der Waals surface area (Å²) in [5.74, 6) is 0.738. The molecule has 0 aromatic carbocycles. The number of hydrogen-bond acceptors (Lipinski definition) is 2. The van der Waals surface area contributed by atoms with Gasteiger partial charge in [-0.05, 0) is 31.6 Å². The van der Waals surface area contributed by atoms with Crippen LogP contribution in [0.25, 0.3) is 0 Å². The van der Waals surface area contributed by atoms with Gasteiger partial charge in [0.05, 0.1) is 11.7 Å². The zero-order chi connectivity index (χ0) is 10.6. The highest BCUT2D eigenvalue weighted by Gasteiger charge is 2.43. The van der Waals surface area contributed by atoms with Crippen LogP contribution in [-0.2, 0) is 4.74 Å². The van der Waals surface area contributed by atoms with Gasteiger partial charge in [-0.25, -0.2) is 0 Å². The Labute approximate surface area is 87.7 Å². The van der Waals surface area contributed by atoms with Gasteiger partial charge in [0.15, 0.2) is 0 Å². The van der Waals surface area contributed by atoms with E-state index >= 15 is 0 Å². The Morgan fingerprint density at radius 1 is 1.29 bits per heavy atom. The van der Waals surface area contributed by atoms with Crippen molar-refractivity contribution in [1.82, 2.24) is 0 Å². The second-order valence-electron chi connectivity index (χ2n) is 4.96. The summed E-state index contributed by atoms with van der Waals surface area (Å²) in [5, 5.41) is 10.0. The SMILES string of the molecule is COC1(C(O)CCCC(C)C)CCC1.